The summed E-state index contributed by atoms with van der Waals surface area (Å²) >= 11 is 1.73. The molecule has 4 heterocycles. The molecule has 0 saturated carbocycles. The number of aromatic nitrogens is 1. The van der Waals surface area contributed by atoms with Gasteiger partial charge in [-0.1, -0.05) is 0 Å². The molecule has 0 amide bonds. The number of hydrogen-bond acceptors (Lipinski definition) is 6. The van der Waals surface area contributed by atoms with Crippen molar-refractivity contribution in [2.75, 3.05) is 26.2 Å². The molecule has 0 aromatic carbocycles. The highest BCUT2D eigenvalue weighted by Gasteiger charge is 2.40. The van der Waals surface area contributed by atoms with Gasteiger partial charge in [0.05, 0.1) is 42.0 Å². The van der Waals surface area contributed by atoms with Crippen LogP contribution in [0.5, 0.6) is 0 Å². The molecule has 0 aliphatic carbocycles. The van der Waals surface area contributed by atoms with E-state index in [0.717, 1.165) is 44.3 Å². The molecule has 2 saturated heterocycles. The molecule has 2 aliphatic rings. The maximum Gasteiger partial charge on any atom is 0.0947 e. The first kappa shape index (κ1) is 14.4. The maximum absolute atomic E-state index is 6.00. The van der Waals surface area contributed by atoms with Crippen molar-refractivity contribution in [3.05, 3.63) is 40.2 Å². The molecule has 2 aliphatic heterocycles. The van der Waals surface area contributed by atoms with E-state index in [0.29, 0.717) is 12.1 Å². The van der Waals surface area contributed by atoms with Crippen LogP contribution in [0.4, 0.5) is 0 Å². The molecule has 0 N–H and O–H groups in total. The topological polar surface area (TPSA) is 41.7 Å². The standard InChI is InChI=1S/C16H21N3O2S/c1-12-17-14(11-22-12)7-19-3-5-21-16-9-18(8-15(16)19)6-13-2-4-20-10-13/h2,4,10-11,15-16H,3,5-9H2,1H3/t15-,16+/m1/s1. The SMILES string of the molecule is Cc1nc(CN2CCO[C@H]3CN(Cc4ccoc4)C[C@H]32)cs1. The smallest absolute Gasteiger partial charge is 0.0947 e. The van der Waals surface area contributed by atoms with Gasteiger partial charge in [-0.15, -0.1) is 11.3 Å². The van der Waals surface area contributed by atoms with Crippen molar-refractivity contribution in [2.24, 2.45) is 0 Å². The van der Waals surface area contributed by atoms with Crippen LogP contribution in [0.3, 0.4) is 0 Å². The fourth-order valence-electron chi connectivity index (χ4n) is 3.49. The zero-order chi connectivity index (χ0) is 14.9. The zero-order valence-electron chi connectivity index (χ0n) is 12.8. The molecule has 2 fully saturated rings. The van der Waals surface area contributed by atoms with E-state index in [4.69, 9.17) is 9.15 Å². The van der Waals surface area contributed by atoms with Gasteiger partial charge in [0.25, 0.3) is 0 Å². The van der Waals surface area contributed by atoms with Gasteiger partial charge in [0, 0.05) is 43.7 Å². The fourth-order valence-corrected chi connectivity index (χ4v) is 4.09. The van der Waals surface area contributed by atoms with Crippen LogP contribution in [-0.2, 0) is 17.8 Å². The molecule has 118 valence electrons. The number of furan rings is 1. The second-order valence-electron chi connectivity index (χ2n) is 6.13. The molecular weight excluding hydrogens is 298 g/mol. The lowest BCUT2D eigenvalue weighted by Gasteiger charge is -2.36. The van der Waals surface area contributed by atoms with Crippen molar-refractivity contribution in [3.63, 3.8) is 0 Å². The Morgan fingerprint density at radius 3 is 3.09 bits per heavy atom. The Kier molecular flexibility index (Phi) is 4.00. The van der Waals surface area contributed by atoms with Crippen LogP contribution < -0.4 is 0 Å². The Hall–Kier alpha value is -1.21. The molecule has 6 heteroatoms. The summed E-state index contributed by atoms with van der Waals surface area (Å²) in [5, 5.41) is 3.32. The second-order valence-corrected chi connectivity index (χ2v) is 7.19. The lowest BCUT2D eigenvalue weighted by atomic mass is 10.1. The Bertz CT molecular complexity index is 613. The van der Waals surface area contributed by atoms with E-state index in [9.17, 15) is 0 Å². The van der Waals surface area contributed by atoms with E-state index in [-0.39, 0.29) is 0 Å². The van der Waals surface area contributed by atoms with Crippen molar-refractivity contribution < 1.29 is 9.15 Å². The van der Waals surface area contributed by atoms with Crippen LogP contribution >= 0.6 is 11.3 Å². The summed E-state index contributed by atoms with van der Waals surface area (Å²) in [5.41, 5.74) is 2.43. The van der Waals surface area contributed by atoms with E-state index in [1.807, 2.05) is 12.3 Å². The van der Waals surface area contributed by atoms with E-state index in [1.165, 1.54) is 11.3 Å². The van der Waals surface area contributed by atoms with Gasteiger partial charge in [-0.3, -0.25) is 9.80 Å². The van der Waals surface area contributed by atoms with Gasteiger partial charge in [-0.2, -0.15) is 0 Å². The molecule has 22 heavy (non-hydrogen) atoms. The van der Waals surface area contributed by atoms with Crippen LogP contribution in [0.1, 0.15) is 16.3 Å². The van der Waals surface area contributed by atoms with Crippen LogP contribution in [0.15, 0.2) is 28.4 Å². The predicted molar refractivity (Wildman–Crippen MR) is 84.8 cm³/mol. The highest BCUT2D eigenvalue weighted by molar-refractivity contribution is 7.09. The minimum Gasteiger partial charge on any atom is -0.472 e. The number of fused-ring (bicyclic) bond motifs is 1. The Morgan fingerprint density at radius 2 is 2.32 bits per heavy atom. The van der Waals surface area contributed by atoms with Gasteiger partial charge < -0.3 is 9.15 Å². The Balaban J connectivity index is 1.42. The van der Waals surface area contributed by atoms with Gasteiger partial charge in [-0.25, -0.2) is 4.98 Å². The molecular formula is C16H21N3O2S. The molecule has 0 unspecified atom stereocenters. The van der Waals surface area contributed by atoms with E-state index in [1.54, 1.807) is 17.6 Å². The number of likely N-dealkylation sites (tertiary alicyclic amines) is 1. The number of aryl methyl sites for hydroxylation is 1. The normalized spacial score (nSPS) is 26.4. The summed E-state index contributed by atoms with van der Waals surface area (Å²) in [6, 6.07) is 2.52. The summed E-state index contributed by atoms with van der Waals surface area (Å²) in [4.78, 5) is 9.61. The molecule has 4 rings (SSSR count). The number of ether oxygens (including phenoxy) is 1. The molecule has 2 aromatic heterocycles. The largest absolute Gasteiger partial charge is 0.472 e. The zero-order valence-corrected chi connectivity index (χ0v) is 13.6. The molecule has 5 nitrogen and oxygen atoms in total. The predicted octanol–water partition coefficient (Wildman–Crippen LogP) is 2.13. The van der Waals surface area contributed by atoms with Crippen molar-refractivity contribution in [2.45, 2.75) is 32.2 Å². The van der Waals surface area contributed by atoms with Gasteiger partial charge in [-0.05, 0) is 13.0 Å². The number of rotatable bonds is 4. The maximum atomic E-state index is 6.00. The third-order valence-electron chi connectivity index (χ3n) is 4.51. The molecule has 2 aromatic rings. The summed E-state index contributed by atoms with van der Waals surface area (Å²) in [5.74, 6) is 0. The van der Waals surface area contributed by atoms with Gasteiger partial charge >= 0.3 is 0 Å². The third-order valence-corrected chi connectivity index (χ3v) is 5.33. The first-order valence-electron chi connectivity index (χ1n) is 7.78. The van der Waals surface area contributed by atoms with Crippen molar-refractivity contribution in [1.82, 2.24) is 14.8 Å². The van der Waals surface area contributed by atoms with E-state index >= 15 is 0 Å². The van der Waals surface area contributed by atoms with Crippen molar-refractivity contribution >= 4 is 11.3 Å². The third kappa shape index (κ3) is 2.96. The van der Waals surface area contributed by atoms with Crippen molar-refractivity contribution in [3.8, 4) is 0 Å². The summed E-state index contributed by atoms with van der Waals surface area (Å²) < 4.78 is 11.2. The van der Waals surface area contributed by atoms with Crippen LogP contribution in [0.2, 0.25) is 0 Å². The summed E-state index contributed by atoms with van der Waals surface area (Å²) in [7, 11) is 0. The summed E-state index contributed by atoms with van der Waals surface area (Å²) in [6.07, 6.45) is 3.89. The lowest BCUT2D eigenvalue weighted by Crippen LogP contribution is -2.50. The molecule has 2 atom stereocenters. The second kappa shape index (κ2) is 6.12. The average molecular weight is 319 g/mol. The number of thiazole rings is 1. The quantitative estimate of drug-likeness (QED) is 0.863. The summed E-state index contributed by atoms with van der Waals surface area (Å²) in [6.45, 7) is 7.83. The Morgan fingerprint density at radius 1 is 1.36 bits per heavy atom. The van der Waals surface area contributed by atoms with Crippen molar-refractivity contribution in [1.29, 1.82) is 0 Å². The van der Waals surface area contributed by atoms with E-state index < -0.39 is 0 Å². The highest BCUT2D eigenvalue weighted by Crippen LogP contribution is 2.26. The number of nitrogens with zero attached hydrogens (tertiary/aromatic N) is 3. The van der Waals surface area contributed by atoms with Crippen LogP contribution in [0.25, 0.3) is 0 Å². The van der Waals surface area contributed by atoms with Crippen LogP contribution in [-0.4, -0.2) is 53.2 Å². The minimum absolute atomic E-state index is 0.320. The number of morpholine rings is 1. The molecule has 0 radical (unpaired) electrons. The fraction of sp³-hybridized carbons (Fsp3) is 0.562. The van der Waals surface area contributed by atoms with Gasteiger partial charge in [0.1, 0.15) is 0 Å². The van der Waals surface area contributed by atoms with E-state index in [2.05, 4.69) is 27.1 Å². The lowest BCUT2D eigenvalue weighted by molar-refractivity contribution is -0.0507. The van der Waals surface area contributed by atoms with Gasteiger partial charge in [0.2, 0.25) is 0 Å². The highest BCUT2D eigenvalue weighted by atomic mass is 32.1. The first-order valence-corrected chi connectivity index (χ1v) is 8.66. The van der Waals surface area contributed by atoms with Crippen LogP contribution in [0, 0.1) is 6.92 Å². The molecule has 0 spiro atoms. The first-order chi connectivity index (χ1) is 10.8. The Labute approximate surface area is 134 Å². The average Bonchev–Trinajstić information content (AvgIpc) is 3.21. The minimum atomic E-state index is 0.320. The molecule has 0 bridgehead atoms. The number of hydrogen-bond donors (Lipinski definition) is 0. The van der Waals surface area contributed by atoms with Gasteiger partial charge in [0.15, 0.2) is 0 Å². The monoisotopic (exact) mass is 319 g/mol.